The Bertz CT molecular complexity index is 528. The third-order valence-electron chi connectivity index (χ3n) is 2.22. The van der Waals surface area contributed by atoms with Crippen LogP contribution in [0.15, 0.2) is 11.4 Å². The van der Waals surface area contributed by atoms with Gasteiger partial charge in [0.1, 0.15) is 10.3 Å². The number of thiophene rings is 1. The molecule has 2 heterocycles. The molecule has 2 rings (SSSR count). The van der Waals surface area contributed by atoms with Crippen LogP contribution >= 0.6 is 46.1 Å². The normalized spacial score (nSPS) is 11.2. The molecule has 0 unspecified atom stereocenters. The van der Waals surface area contributed by atoms with Gasteiger partial charge >= 0.3 is 0 Å². The summed E-state index contributed by atoms with van der Waals surface area (Å²) < 4.78 is 0. The molecule has 0 aliphatic heterocycles. The zero-order valence-electron chi connectivity index (χ0n) is 9.17. The van der Waals surface area contributed by atoms with E-state index in [0.717, 1.165) is 10.4 Å². The molecule has 0 saturated heterocycles. The van der Waals surface area contributed by atoms with Gasteiger partial charge in [-0.15, -0.1) is 11.3 Å². The second-order valence-electron chi connectivity index (χ2n) is 3.83. The summed E-state index contributed by atoms with van der Waals surface area (Å²) in [6, 6.07) is 1.79. The molecule has 2 aromatic rings. The van der Waals surface area contributed by atoms with Crippen LogP contribution in [0.25, 0.3) is 10.7 Å². The van der Waals surface area contributed by atoms with Crippen LogP contribution in [0, 0.1) is 0 Å². The van der Waals surface area contributed by atoms with E-state index >= 15 is 0 Å². The summed E-state index contributed by atoms with van der Waals surface area (Å²) in [5, 5.41) is 3.28. The first-order valence-corrected chi connectivity index (χ1v) is 6.97. The molecule has 0 aliphatic carbocycles. The Hall–Kier alpha value is -0.350. The van der Waals surface area contributed by atoms with Gasteiger partial charge in [0.05, 0.1) is 9.90 Å². The summed E-state index contributed by atoms with van der Waals surface area (Å²) in [5.74, 6) is 0.706. The van der Waals surface area contributed by atoms with Crippen molar-refractivity contribution in [2.24, 2.45) is 0 Å². The fraction of sp³-hybridized carbons (Fsp3) is 0.273. The van der Waals surface area contributed by atoms with Crippen molar-refractivity contribution in [3.63, 3.8) is 0 Å². The van der Waals surface area contributed by atoms with Crippen LogP contribution < -0.4 is 0 Å². The molecule has 0 atom stereocenters. The molecule has 0 aliphatic rings. The van der Waals surface area contributed by atoms with Gasteiger partial charge in [-0.25, -0.2) is 9.97 Å². The number of hydrogen-bond donors (Lipinski definition) is 0. The first-order valence-electron chi connectivity index (χ1n) is 4.96. The predicted octanol–water partition coefficient (Wildman–Crippen LogP) is 5.29. The zero-order chi connectivity index (χ0) is 12.6. The van der Waals surface area contributed by atoms with Gasteiger partial charge in [0, 0.05) is 10.9 Å². The lowest BCUT2D eigenvalue weighted by Gasteiger charge is -2.10. The molecule has 0 N–H and O–H groups in total. The topological polar surface area (TPSA) is 25.8 Å². The summed E-state index contributed by atoms with van der Waals surface area (Å²) >= 11 is 19.6. The lowest BCUT2D eigenvalue weighted by Crippen LogP contribution is -1.98. The molecule has 0 radical (unpaired) electrons. The highest BCUT2D eigenvalue weighted by Crippen LogP contribution is 2.33. The van der Waals surface area contributed by atoms with Gasteiger partial charge in [-0.1, -0.05) is 48.7 Å². The summed E-state index contributed by atoms with van der Waals surface area (Å²) in [7, 11) is 0. The molecule has 0 amide bonds. The quantitative estimate of drug-likeness (QED) is 0.705. The fourth-order valence-electron chi connectivity index (χ4n) is 1.43. The Kier molecular flexibility index (Phi) is 3.93. The molecule has 0 spiro atoms. The average Bonchev–Trinajstić information content (AvgIpc) is 2.63. The number of hydrogen-bond acceptors (Lipinski definition) is 3. The smallest absolute Gasteiger partial charge is 0.172 e. The molecule has 0 aromatic carbocycles. The maximum Gasteiger partial charge on any atom is 0.172 e. The zero-order valence-corrected chi connectivity index (χ0v) is 12.3. The largest absolute Gasteiger partial charge is 0.215 e. The minimum Gasteiger partial charge on any atom is -0.215 e. The first-order chi connectivity index (χ1) is 7.99. The van der Waals surface area contributed by atoms with Crippen molar-refractivity contribution in [3.05, 3.63) is 32.3 Å². The van der Waals surface area contributed by atoms with Gasteiger partial charge in [0.2, 0.25) is 0 Å². The second-order valence-corrected chi connectivity index (χ2v) is 5.89. The third-order valence-corrected chi connectivity index (χ3v) is 4.07. The van der Waals surface area contributed by atoms with Crippen molar-refractivity contribution in [1.29, 1.82) is 0 Å². The fourth-order valence-corrected chi connectivity index (χ4v) is 3.26. The standard InChI is InChI=1S/C11H9Cl3N2S/c1-5(2)8-9(13)15-11(16-10(8)14)7-3-6(12)4-17-7/h3-5H,1-2H3. The highest BCUT2D eigenvalue weighted by Gasteiger charge is 2.16. The average molecular weight is 308 g/mol. The van der Waals surface area contributed by atoms with Crippen LogP contribution in [-0.2, 0) is 0 Å². The molecule has 0 saturated carbocycles. The molecular formula is C11H9Cl3N2S. The van der Waals surface area contributed by atoms with Crippen molar-refractivity contribution >= 4 is 46.1 Å². The predicted molar refractivity (Wildman–Crippen MR) is 74.5 cm³/mol. The van der Waals surface area contributed by atoms with Crippen LogP contribution in [0.5, 0.6) is 0 Å². The molecule has 0 fully saturated rings. The molecule has 6 heteroatoms. The Morgan fingerprint density at radius 3 is 2.12 bits per heavy atom. The number of aromatic nitrogens is 2. The Morgan fingerprint density at radius 1 is 1.12 bits per heavy atom. The molecule has 2 nitrogen and oxygen atoms in total. The van der Waals surface area contributed by atoms with Gasteiger partial charge < -0.3 is 0 Å². The highest BCUT2D eigenvalue weighted by molar-refractivity contribution is 7.14. The van der Waals surface area contributed by atoms with Crippen LogP contribution in [0.3, 0.4) is 0 Å². The number of halogens is 3. The van der Waals surface area contributed by atoms with E-state index in [4.69, 9.17) is 34.8 Å². The maximum absolute atomic E-state index is 6.12. The van der Waals surface area contributed by atoms with Gasteiger partial charge in [0.15, 0.2) is 5.82 Å². The van der Waals surface area contributed by atoms with Gasteiger partial charge in [-0.05, 0) is 12.0 Å². The van der Waals surface area contributed by atoms with Gasteiger partial charge in [-0.2, -0.15) is 0 Å². The molecule has 90 valence electrons. The van der Waals surface area contributed by atoms with E-state index in [2.05, 4.69) is 9.97 Å². The van der Waals surface area contributed by atoms with Gasteiger partial charge in [0.25, 0.3) is 0 Å². The van der Waals surface area contributed by atoms with E-state index in [9.17, 15) is 0 Å². The highest BCUT2D eigenvalue weighted by atomic mass is 35.5. The maximum atomic E-state index is 6.12. The van der Waals surface area contributed by atoms with Crippen molar-refractivity contribution in [3.8, 4) is 10.7 Å². The molecular weight excluding hydrogens is 299 g/mol. The summed E-state index contributed by atoms with van der Waals surface area (Å²) in [6.45, 7) is 4.00. The Labute approximate surface area is 119 Å². The van der Waals surface area contributed by atoms with Crippen molar-refractivity contribution in [2.45, 2.75) is 19.8 Å². The minimum atomic E-state index is 0.191. The Morgan fingerprint density at radius 2 is 1.71 bits per heavy atom. The molecule has 17 heavy (non-hydrogen) atoms. The van der Waals surface area contributed by atoms with Gasteiger partial charge in [-0.3, -0.25) is 0 Å². The van der Waals surface area contributed by atoms with Crippen LogP contribution in [0.1, 0.15) is 25.3 Å². The summed E-state index contributed by atoms with van der Waals surface area (Å²) in [6.07, 6.45) is 0. The summed E-state index contributed by atoms with van der Waals surface area (Å²) in [4.78, 5) is 9.38. The monoisotopic (exact) mass is 306 g/mol. The first kappa shape index (κ1) is 13.1. The van der Waals surface area contributed by atoms with E-state index in [0.29, 0.717) is 21.2 Å². The lowest BCUT2D eigenvalue weighted by molar-refractivity contribution is 0.848. The number of nitrogens with zero attached hydrogens (tertiary/aromatic N) is 2. The van der Waals surface area contributed by atoms with Crippen molar-refractivity contribution in [2.75, 3.05) is 0 Å². The Balaban J connectivity index is 2.52. The van der Waals surface area contributed by atoms with E-state index in [1.807, 2.05) is 19.2 Å². The van der Waals surface area contributed by atoms with Crippen molar-refractivity contribution in [1.82, 2.24) is 9.97 Å². The minimum absolute atomic E-state index is 0.191. The van der Waals surface area contributed by atoms with E-state index < -0.39 is 0 Å². The van der Waals surface area contributed by atoms with Crippen LogP contribution in [0.2, 0.25) is 15.3 Å². The number of rotatable bonds is 2. The molecule has 2 aromatic heterocycles. The lowest BCUT2D eigenvalue weighted by atomic mass is 10.1. The summed E-state index contributed by atoms with van der Waals surface area (Å²) in [5.41, 5.74) is 0.778. The van der Waals surface area contributed by atoms with E-state index in [1.54, 1.807) is 6.07 Å². The third kappa shape index (κ3) is 2.74. The second kappa shape index (κ2) is 5.11. The van der Waals surface area contributed by atoms with E-state index in [-0.39, 0.29) is 5.92 Å². The molecule has 0 bridgehead atoms. The van der Waals surface area contributed by atoms with Crippen LogP contribution in [-0.4, -0.2) is 9.97 Å². The van der Waals surface area contributed by atoms with E-state index in [1.165, 1.54) is 11.3 Å². The SMILES string of the molecule is CC(C)c1c(Cl)nc(-c2cc(Cl)cs2)nc1Cl. The van der Waals surface area contributed by atoms with Crippen molar-refractivity contribution < 1.29 is 0 Å². The van der Waals surface area contributed by atoms with Crippen LogP contribution in [0.4, 0.5) is 0 Å².